The van der Waals surface area contributed by atoms with Gasteiger partial charge in [-0.1, -0.05) is 29.8 Å². The van der Waals surface area contributed by atoms with Gasteiger partial charge in [0.25, 0.3) is 5.56 Å². The van der Waals surface area contributed by atoms with Crippen LogP contribution in [0.25, 0.3) is 17.0 Å². The normalized spacial score (nSPS) is 18.0. The lowest BCUT2D eigenvalue weighted by Crippen LogP contribution is -2.29. The van der Waals surface area contributed by atoms with Crippen LogP contribution >= 0.6 is 11.6 Å². The van der Waals surface area contributed by atoms with Gasteiger partial charge in [-0.2, -0.15) is 9.78 Å². The number of fused-ring (bicyclic) bond motifs is 2. The lowest BCUT2D eigenvalue weighted by Gasteiger charge is -2.28. The number of imidazole rings is 1. The number of aromatic nitrogens is 4. The molecule has 2 aromatic heterocycles. The van der Waals surface area contributed by atoms with Gasteiger partial charge in [0.05, 0.1) is 42.2 Å². The fourth-order valence-corrected chi connectivity index (χ4v) is 4.84. The van der Waals surface area contributed by atoms with Gasteiger partial charge in [-0.25, -0.2) is 4.98 Å². The molecule has 6 rings (SSSR count). The van der Waals surface area contributed by atoms with Crippen molar-refractivity contribution in [1.29, 1.82) is 0 Å². The average molecular weight is 464 g/mol. The summed E-state index contributed by atoms with van der Waals surface area (Å²) in [6, 6.07) is 13.7. The first-order valence-corrected chi connectivity index (χ1v) is 11.5. The van der Waals surface area contributed by atoms with Gasteiger partial charge in [0.15, 0.2) is 11.5 Å². The summed E-state index contributed by atoms with van der Waals surface area (Å²) < 4.78 is 12.9. The molecule has 0 radical (unpaired) electrons. The molecule has 0 bridgehead atoms. The number of nitrogens with one attached hydrogen (secondary N) is 1. The lowest BCUT2D eigenvalue weighted by molar-refractivity contribution is 0.297. The number of hydrogen-bond acceptors (Lipinski definition) is 6. The maximum absolute atomic E-state index is 13.1. The standard InChI is InChI=1S/C24H22ClN5O3/c25-22-19(14-26-30(23(22)31)24-27-16-5-1-2-6-17(16)28-24)29-10-3-7-18(29)15-8-9-20-21(13-15)33-12-4-11-32-20/h1-2,5-6,8-9,13-14,18H,3-4,7,10-12H2,(H,27,28)/t18-/m1/s1. The molecule has 33 heavy (non-hydrogen) atoms. The van der Waals surface area contributed by atoms with E-state index in [2.05, 4.69) is 26.0 Å². The van der Waals surface area contributed by atoms with Crippen molar-refractivity contribution in [2.45, 2.75) is 25.3 Å². The first kappa shape index (κ1) is 20.1. The Balaban J connectivity index is 1.35. The quantitative estimate of drug-likeness (QED) is 0.488. The molecule has 168 valence electrons. The van der Waals surface area contributed by atoms with E-state index >= 15 is 0 Å². The van der Waals surface area contributed by atoms with E-state index in [-0.39, 0.29) is 11.1 Å². The Kier molecular flexibility index (Phi) is 4.95. The molecule has 1 saturated heterocycles. The summed E-state index contributed by atoms with van der Waals surface area (Å²) in [6.45, 7) is 2.08. The van der Waals surface area contributed by atoms with Crippen LogP contribution in [0.3, 0.4) is 0 Å². The van der Waals surface area contributed by atoms with Crippen molar-refractivity contribution < 1.29 is 9.47 Å². The molecule has 0 saturated carbocycles. The van der Waals surface area contributed by atoms with Gasteiger partial charge in [0, 0.05) is 13.0 Å². The summed E-state index contributed by atoms with van der Waals surface area (Å²) in [5, 5.41) is 4.53. The molecule has 1 N–H and O–H groups in total. The largest absolute Gasteiger partial charge is 0.490 e. The van der Waals surface area contributed by atoms with Gasteiger partial charge in [-0.15, -0.1) is 0 Å². The maximum atomic E-state index is 13.1. The van der Waals surface area contributed by atoms with E-state index in [1.807, 2.05) is 36.4 Å². The number of hydrogen-bond donors (Lipinski definition) is 1. The smallest absolute Gasteiger partial charge is 0.295 e. The molecule has 1 atom stereocenters. The number of aromatic amines is 1. The van der Waals surface area contributed by atoms with Gasteiger partial charge >= 0.3 is 0 Å². The van der Waals surface area contributed by atoms with Gasteiger partial charge in [0.2, 0.25) is 5.95 Å². The zero-order chi connectivity index (χ0) is 22.4. The summed E-state index contributed by atoms with van der Waals surface area (Å²) in [5.41, 5.74) is 2.92. The second kappa shape index (κ2) is 8.12. The third-order valence-electron chi connectivity index (χ3n) is 6.20. The molecule has 4 aromatic rings. The summed E-state index contributed by atoms with van der Waals surface area (Å²) in [6.07, 6.45) is 4.45. The predicted molar refractivity (Wildman–Crippen MR) is 126 cm³/mol. The minimum Gasteiger partial charge on any atom is -0.490 e. The van der Waals surface area contributed by atoms with E-state index in [1.54, 1.807) is 6.20 Å². The highest BCUT2D eigenvalue weighted by molar-refractivity contribution is 6.33. The van der Waals surface area contributed by atoms with Crippen LogP contribution in [-0.4, -0.2) is 39.5 Å². The Hall–Kier alpha value is -3.52. The number of rotatable bonds is 3. The minimum absolute atomic E-state index is 0.0721. The number of benzene rings is 2. The Morgan fingerprint density at radius 2 is 1.91 bits per heavy atom. The van der Waals surface area contributed by atoms with E-state index in [9.17, 15) is 4.79 Å². The summed E-state index contributed by atoms with van der Waals surface area (Å²) >= 11 is 6.62. The third-order valence-corrected chi connectivity index (χ3v) is 6.55. The topological polar surface area (TPSA) is 85.3 Å². The van der Waals surface area contributed by atoms with E-state index < -0.39 is 5.56 Å². The molecular weight excluding hydrogens is 442 g/mol. The summed E-state index contributed by atoms with van der Waals surface area (Å²) in [5.74, 6) is 1.88. The molecule has 2 aliphatic heterocycles. The fraction of sp³-hybridized carbons (Fsp3) is 0.292. The van der Waals surface area contributed by atoms with Crippen molar-refractivity contribution in [1.82, 2.24) is 19.7 Å². The zero-order valence-electron chi connectivity index (χ0n) is 17.8. The highest BCUT2D eigenvalue weighted by Gasteiger charge is 2.30. The molecular formula is C24H22ClN5O3. The third kappa shape index (κ3) is 3.51. The van der Waals surface area contributed by atoms with Crippen LogP contribution in [0.15, 0.2) is 53.5 Å². The first-order chi connectivity index (χ1) is 16.2. The molecule has 0 amide bonds. The minimum atomic E-state index is -0.405. The maximum Gasteiger partial charge on any atom is 0.295 e. The van der Waals surface area contributed by atoms with Crippen LogP contribution in [0.2, 0.25) is 5.02 Å². The van der Waals surface area contributed by atoms with Gasteiger partial charge < -0.3 is 19.4 Å². The SMILES string of the molecule is O=c1c(Cl)c(N2CCC[C@@H]2c2ccc3c(c2)OCCCO3)cnn1-c1nc2ccccc2[nH]1. The molecule has 0 spiro atoms. The van der Waals surface area contributed by atoms with Gasteiger partial charge in [-0.05, 0) is 42.7 Å². The van der Waals surface area contributed by atoms with Crippen LogP contribution in [0.5, 0.6) is 11.5 Å². The van der Waals surface area contributed by atoms with E-state index in [4.69, 9.17) is 21.1 Å². The van der Waals surface area contributed by atoms with Crippen molar-refractivity contribution >= 4 is 28.3 Å². The van der Waals surface area contributed by atoms with Crippen LogP contribution in [-0.2, 0) is 0 Å². The molecule has 2 aromatic carbocycles. The number of halogens is 1. The number of anilines is 1. The molecule has 8 nitrogen and oxygen atoms in total. The van der Waals surface area contributed by atoms with Crippen molar-refractivity contribution in [2.75, 3.05) is 24.7 Å². The van der Waals surface area contributed by atoms with E-state index in [1.165, 1.54) is 4.68 Å². The number of H-pyrrole nitrogens is 1. The van der Waals surface area contributed by atoms with Crippen LogP contribution in [0.1, 0.15) is 30.9 Å². The van der Waals surface area contributed by atoms with Crippen LogP contribution < -0.4 is 19.9 Å². The van der Waals surface area contributed by atoms with E-state index in [0.29, 0.717) is 24.8 Å². The lowest BCUT2D eigenvalue weighted by atomic mass is 10.0. The van der Waals surface area contributed by atoms with Crippen molar-refractivity contribution in [3.05, 3.63) is 69.6 Å². The van der Waals surface area contributed by atoms with Gasteiger partial charge in [-0.3, -0.25) is 4.79 Å². The molecule has 1 fully saturated rings. The highest BCUT2D eigenvalue weighted by atomic mass is 35.5. The monoisotopic (exact) mass is 463 g/mol. The number of para-hydroxylation sites is 2. The van der Waals surface area contributed by atoms with Crippen molar-refractivity contribution in [3.8, 4) is 17.4 Å². The molecule has 4 heterocycles. The highest BCUT2D eigenvalue weighted by Crippen LogP contribution is 2.41. The van der Waals surface area contributed by atoms with Crippen LogP contribution in [0, 0.1) is 0 Å². The Labute approximate surface area is 194 Å². The first-order valence-electron chi connectivity index (χ1n) is 11.1. The Bertz CT molecular complexity index is 1370. The summed E-state index contributed by atoms with van der Waals surface area (Å²) in [4.78, 5) is 22.9. The second-order valence-electron chi connectivity index (χ2n) is 8.25. The fourth-order valence-electron chi connectivity index (χ4n) is 4.60. The Morgan fingerprint density at radius 1 is 1.06 bits per heavy atom. The van der Waals surface area contributed by atoms with Crippen molar-refractivity contribution in [3.63, 3.8) is 0 Å². The van der Waals surface area contributed by atoms with Crippen LogP contribution in [0.4, 0.5) is 5.69 Å². The molecule has 9 heteroatoms. The Morgan fingerprint density at radius 3 is 2.79 bits per heavy atom. The zero-order valence-corrected chi connectivity index (χ0v) is 18.6. The number of nitrogens with zero attached hydrogens (tertiary/aromatic N) is 4. The average Bonchev–Trinajstić information content (AvgIpc) is 3.42. The molecule has 0 aliphatic carbocycles. The van der Waals surface area contributed by atoms with Gasteiger partial charge in [0.1, 0.15) is 5.02 Å². The summed E-state index contributed by atoms with van der Waals surface area (Å²) in [7, 11) is 0. The van der Waals surface area contributed by atoms with E-state index in [0.717, 1.165) is 53.9 Å². The second-order valence-corrected chi connectivity index (χ2v) is 8.62. The molecule has 0 unspecified atom stereocenters. The predicted octanol–water partition coefficient (Wildman–Crippen LogP) is 4.27. The number of ether oxygens (including phenoxy) is 2. The van der Waals surface area contributed by atoms with Crippen molar-refractivity contribution in [2.24, 2.45) is 0 Å². The molecule has 2 aliphatic rings.